The number of furan rings is 1. The van der Waals surface area contributed by atoms with Crippen LogP contribution in [0.1, 0.15) is 59.7 Å². The Bertz CT molecular complexity index is 805. The van der Waals surface area contributed by atoms with Crippen LogP contribution < -0.4 is 0 Å². The summed E-state index contributed by atoms with van der Waals surface area (Å²) in [6.45, 7) is 4.81. The quantitative estimate of drug-likeness (QED) is 0.844. The Morgan fingerprint density at radius 2 is 2.04 bits per heavy atom. The molecule has 0 bridgehead atoms. The second kappa shape index (κ2) is 7.40. The molecular weight excluding hydrogens is 330 g/mol. The van der Waals surface area contributed by atoms with Crippen molar-refractivity contribution < 1.29 is 14.0 Å². The Morgan fingerprint density at radius 1 is 1.27 bits per heavy atom. The predicted molar refractivity (Wildman–Crippen MR) is 98.6 cm³/mol. The van der Waals surface area contributed by atoms with Gasteiger partial charge in [0.2, 0.25) is 5.91 Å². The van der Waals surface area contributed by atoms with Gasteiger partial charge in [-0.15, -0.1) is 0 Å². The number of carbonyl (C=O) groups is 2. The molecule has 0 saturated carbocycles. The third kappa shape index (κ3) is 3.41. The minimum absolute atomic E-state index is 0.0375. The van der Waals surface area contributed by atoms with Crippen molar-refractivity contribution in [2.45, 2.75) is 45.7 Å². The first-order valence-electron chi connectivity index (χ1n) is 9.11. The first kappa shape index (κ1) is 18.3. The third-order valence-electron chi connectivity index (χ3n) is 5.35. The van der Waals surface area contributed by atoms with Crippen molar-refractivity contribution in [1.82, 2.24) is 14.4 Å². The highest BCUT2D eigenvalue weighted by Gasteiger charge is 2.29. The van der Waals surface area contributed by atoms with E-state index in [2.05, 4.69) is 0 Å². The second-order valence-electron chi connectivity index (χ2n) is 7.09. The molecule has 1 aliphatic rings. The number of amides is 2. The van der Waals surface area contributed by atoms with Crippen LogP contribution in [0.4, 0.5) is 0 Å². The lowest BCUT2D eigenvalue weighted by Gasteiger charge is -2.35. The third-order valence-corrected chi connectivity index (χ3v) is 5.35. The van der Waals surface area contributed by atoms with Crippen LogP contribution in [0.3, 0.4) is 0 Å². The maximum Gasteiger partial charge on any atom is 0.270 e. The highest BCUT2D eigenvalue weighted by atomic mass is 16.3. The molecule has 1 saturated heterocycles. The van der Waals surface area contributed by atoms with E-state index >= 15 is 0 Å². The van der Waals surface area contributed by atoms with Crippen LogP contribution in [-0.4, -0.2) is 39.8 Å². The molecule has 6 heteroatoms. The van der Waals surface area contributed by atoms with Crippen LogP contribution in [0.2, 0.25) is 0 Å². The average molecular weight is 357 g/mol. The van der Waals surface area contributed by atoms with Gasteiger partial charge in [0, 0.05) is 45.4 Å². The number of aromatic nitrogens is 1. The summed E-state index contributed by atoms with van der Waals surface area (Å²) in [6.07, 6.45) is 4.72. The molecule has 3 rings (SSSR count). The standard InChI is InChI=1S/C20H27N3O3/c1-14-16(10-12-26-14)13-21(3)20(25)19-9-8-17(22(19)4)18-7-5-6-11-23(18)15(2)24/h8-10,12,18H,5-7,11,13H2,1-4H3. The lowest BCUT2D eigenvalue weighted by atomic mass is 9.99. The zero-order valence-corrected chi connectivity index (χ0v) is 16.0. The van der Waals surface area contributed by atoms with Gasteiger partial charge in [0.1, 0.15) is 11.5 Å². The molecule has 0 aromatic carbocycles. The van der Waals surface area contributed by atoms with E-state index in [1.807, 2.05) is 41.6 Å². The Morgan fingerprint density at radius 3 is 2.69 bits per heavy atom. The fourth-order valence-electron chi connectivity index (χ4n) is 3.79. The normalized spacial score (nSPS) is 17.4. The summed E-state index contributed by atoms with van der Waals surface area (Å²) in [4.78, 5) is 28.5. The van der Waals surface area contributed by atoms with Gasteiger partial charge < -0.3 is 18.8 Å². The molecule has 1 fully saturated rings. The lowest BCUT2D eigenvalue weighted by molar-refractivity contribution is -0.132. The molecule has 1 atom stereocenters. The van der Waals surface area contributed by atoms with Gasteiger partial charge in [-0.25, -0.2) is 0 Å². The highest BCUT2D eigenvalue weighted by molar-refractivity contribution is 5.92. The van der Waals surface area contributed by atoms with E-state index in [-0.39, 0.29) is 17.9 Å². The zero-order valence-electron chi connectivity index (χ0n) is 16.0. The average Bonchev–Trinajstić information content (AvgIpc) is 3.20. The molecule has 0 aliphatic carbocycles. The van der Waals surface area contributed by atoms with Gasteiger partial charge in [-0.2, -0.15) is 0 Å². The summed E-state index contributed by atoms with van der Waals surface area (Å²) < 4.78 is 7.25. The molecule has 1 unspecified atom stereocenters. The number of nitrogens with zero attached hydrogens (tertiary/aromatic N) is 3. The molecule has 0 N–H and O–H groups in total. The maximum atomic E-state index is 12.9. The first-order chi connectivity index (χ1) is 12.4. The van der Waals surface area contributed by atoms with Crippen LogP contribution in [0.25, 0.3) is 0 Å². The Kier molecular flexibility index (Phi) is 5.20. The summed E-state index contributed by atoms with van der Waals surface area (Å²) in [5.41, 5.74) is 2.67. The topological polar surface area (TPSA) is 58.7 Å². The van der Waals surface area contributed by atoms with Gasteiger partial charge in [0.05, 0.1) is 12.3 Å². The Labute approximate surface area is 154 Å². The molecule has 3 heterocycles. The highest BCUT2D eigenvalue weighted by Crippen LogP contribution is 2.32. The van der Waals surface area contributed by atoms with Gasteiger partial charge in [0.25, 0.3) is 5.91 Å². The van der Waals surface area contributed by atoms with Crippen molar-refractivity contribution in [3.05, 3.63) is 47.2 Å². The molecular formula is C20H27N3O3. The summed E-state index contributed by atoms with van der Waals surface area (Å²) in [6, 6.07) is 5.79. The van der Waals surface area contributed by atoms with Gasteiger partial charge in [-0.1, -0.05) is 0 Å². The molecule has 26 heavy (non-hydrogen) atoms. The van der Waals surface area contributed by atoms with Crippen molar-refractivity contribution in [3.8, 4) is 0 Å². The monoisotopic (exact) mass is 357 g/mol. The van der Waals surface area contributed by atoms with Crippen molar-refractivity contribution in [1.29, 1.82) is 0 Å². The number of piperidine rings is 1. The summed E-state index contributed by atoms with van der Waals surface area (Å²) in [5, 5.41) is 0. The fraction of sp³-hybridized carbons (Fsp3) is 0.500. The largest absolute Gasteiger partial charge is 0.469 e. The number of carbonyl (C=O) groups excluding carboxylic acids is 2. The Balaban J connectivity index is 1.80. The van der Waals surface area contributed by atoms with Crippen molar-refractivity contribution in [3.63, 3.8) is 0 Å². The van der Waals surface area contributed by atoms with Gasteiger partial charge >= 0.3 is 0 Å². The number of rotatable bonds is 4. The molecule has 2 aromatic heterocycles. The maximum absolute atomic E-state index is 12.9. The number of hydrogen-bond donors (Lipinski definition) is 0. The van der Waals surface area contributed by atoms with E-state index < -0.39 is 0 Å². The van der Waals surface area contributed by atoms with Gasteiger partial charge in [-0.05, 0) is 44.4 Å². The summed E-state index contributed by atoms with van der Waals surface area (Å²) in [7, 11) is 3.70. The van der Waals surface area contributed by atoms with E-state index in [0.717, 1.165) is 42.8 Å². The molecule has 2 aromatic rings. The molecule has 0 radical (unpaired) electrons. The van der Waals surface area contributed by atoms with Gasteiger partial charge in [-0.3, -0.25) is 9.59 Å². The number of hydrogen-bond acceptors (Lipinski definition) is 3. The van der Waals surface area contributed by atoms with Crippen LogP contribution in [-0.2, 0) is 18.4 Å². The smallest absolute Gasteiger partial charge is 0.270 e. The van der Waals surface area contributed by atoms with Crippen LogP contribution in [0, 0.1) is 6.92 Å². The van der Waals surface area contributed by atoms with Crippen LogP contribution >= 0.6 is 0 Å². The zero-order chi connectivity index (χ0) is 18.8. The number of aryl methyl sites for hydroxylation is 1. The van der Waals surface area contributed by atoms with Crippen molar-refractivity contribution in [2.75, 3.05) is 13.6 Å². The van der Waals surface area contributed by atoms with E-state index in [4.69, 9.17) is 4.42 Å². The minimum Gasteiger partial charge on any atom is -0.469 e. The Hall–Kier alpha value is -2.50. The second-order valence-corrected chi connectivity index (χ2v) is 7.09. The van der Waals surface area contributed by atoms with E-state index in [1.165, 1.54) is 0 Å². The molecule has 6 nitrogen and oxygen atoms in total. The molecule has 1 aliphatic heterocycles. The summed E-state index contributed by atoms with van der Waals surface area (Å²) >= 11 is 0. The van der Waals surface area contributed by atoms with E-state index in [0.29, 0.717) is 12.2 Å². The van der Waals surface area contributed by atoms with Crippen molar-refractivity contribution in [2.24, 2.45) is 7.05 Å². The van der Waals surface area contributed by atoms with E-state index in [1.54, 1.807) is 25.1 Å². The first-order valence-corrected chi connectivity index (χ1v) is 9.11. The van der Waals surface area contributed by atoms with Crippen LogP contribution in [0.15, 0.2) is 28.9 Å². The SMILES string of the molecule is CC(=O)N1CCCCC1c1ccc(C(=O)N(C)Cc2ccoc2C)n1C. The lowest BCUT2D eigenvalue weighted by Crippen LogP contribution is -2.38. The van der Waals surface area contributed by atoms with Gasteiger partial charge in [0.15, 0.2) is 0 Å². The molecule has 140 valence electrons. The molecule has 2 amide bonds. The minimum atomic E-state index is -0.0375. The van der Waals surface area contributed by atoms with Crippen molar-refractivity contribution >= 4 is 11.8 Å². The fourth-order valence-corrected chi connectivity index (χ4v) is 3.79. The van der Waals surface area contributed by atoms with E-state index in [9.17, 15) is 9.59 Å². The summed E-state index contributed by atoms with van der Waals surface area (Å²) in [5.74, 6) is 0.886. The van der Waals surface area contributed by atoms with Crippen LogP contribution in [0.5, 0.6) is 0 Å². The number of likely N-dealkylation sites (tertiary alicyclic amines) is 1. The predicted octanol–water partition coefficient (Wildman–Crippen LogP) is 3.27. The molecule has 0 spiro atoms.